The van der Waals surface area contributed by atoms with Gasteiger partial charge in [0.05, 0.1) is 37.3 Å². The number of ether oxygens (including phenoxy) is 3. The SMILES string of the molecule is CCOc1ccc(-n2c(SCC(=O)NC(=O)NCCOC)nnc2-c2ccccc2OC)cc1. The molecule has 1 heterocycles. The molecule has 10 nitrogen and oxygen atoms in total. The molecular weight excluding hydrogens is 458 g/mol. The second-order valence-electron chi connectivity index (χ2n) is 6.85. The van der Waals surface area contributed by atoms with E-state index >= 15 is 0 Å². The average molecular weight is 486 g/mol. The number of hydrogen-bond acceptors (Lipinski definition) is 8. The van der Waals surface area contributed by atoms with Crippen LogP contribution in [0.2, 0.25) is 0 Å². The fraction of sp³-hybridized carbons (Fsp3) is 0.304. The van der Waals surface area contributed by atoms with E-state index in [1.807, 2.05) is 60.0 Å². The summed E-state index contributed by atoms with van der Waals surface area (Å²) in [5.41, 5.74) is 1.54. The lowest BCUT2D eigenvalue weighted by Crippen LogP contribution is -2.41. The standard InChI is InChI=1S/C23H27N5O5S/c1-4-33-17-11-9-16(10-12-17)28-21(18-7-5-6-8-19(18)32-3)26-27-23(28)34-15-20(29)25-22(30)24-13-14-31-2/h5-12H,4,13-15H2,1-3H3,(H2,24,25,29,30). The lowest BCUT2D eigenvalue weighted by molar-refractivity contribution is -0.117. The van der Waals surface area contributed by atoms with Crippen molar-refractivity contribution in [1.29, 1.82) is 0 Å². The molecule has 3 amide bonds. The second kappa shape index (κ2) is 12.6. The quantitative estimate of drug-likeness (QED) is 0.315. The highest BCUT2D eigenvalue weighted by atomic mass is 32.2. The van der Waals surface area contributed by atoms with Crippen LogP contribution in [0.1, 0.15) is 6.92 Å². The summed E-state index contributed by atoms with van der Waals surface area (Å²) in [6.45, 7) is 3.14. The first-order chi connectivity index (χ1) is 16.6. The van der Waals surface area contributed by atoms with E-state index in [4.69, 9.17) is 14.2 Å². The summed E-state index contributed by atoms with van der Waals surface area (Å²) in [4.78, 5) is 24.1. The van der Waals surface area contributed by atoms with Gasteiger partial charge >= 0.3 is 6.03 Å². The molecule has 0 radical (unpaired) electrons. The Morgan fingerprint density at radius 3 is 2.53 bits per heavy atom. The number of rotatable bonds is 11. The van der Waals surface area contributed by atoms with E-state index in [0.717, 1.165) is 28.8 Å². The number of nitrogens with one attached hydrogen (secondary N) is 2. The minimum Gasteiger partial charge on any atom is -0.496 e. The van der Waals surface area contributed by atoms with Gasteiger partial charge in [-0.2, -0.15) is 0 Å². The Kier molecular flexibility index (Phi) is 9.30. The van der Waals surface area contributed by atoms with Gasteiger partial charge in [-0.1, -0.05) is 23.9 Å². The van der Waals surface area contributed by atoms with Crippen molar-refractivity contribution in [2.24, 2.45) is 0 Å². The molecule has 0 atom stereocenters. The van der Waals surface area contributed by atoms with Gasteiger partial charge in [0.25, 0.3) is 0 Å². The molecule has 2 aromatic carbocycles. The van der Waals surface area contributed by atoms with Crippen molar-refractivity contribution in [2.45, 2.75) is 12.1 Å². The van der Waals surface area contributed by atoms with E-state index in [9.17, 15) is 9.59 Å². The first kappa shape index (κ1) is 25.1. The fourth-order valence-electron chi connectivity index (χ4n) is 3.06. The second-order valence-corrected chi connectivity index (χ2v) is 7.80. The van der Waals surface area contributed by atoms with Gasteiger partial charge < -0.3 is 19.5 Å². The third kappa shape index (κ3) is 6.49. The van der Waals surface area contributed by atoms with Crippen LogP contribution in [0.4, 0.5) is 4.79 Å². The van der Waals surface area contributed by atoms with Crippen LogP contribution in [0.5, 0.6) is 11.5 Å². The number of thioether (sulfide) groups is 1. The van der Waals surface area contributed by atoms with Crippen LogP contribution in [0, 0.1) is 0 Å². The van der Waals surface area contributed by atoms with E-state index < -0.39 is 11.9 Å². The first-order valence-corrected chi connectivity index (χ1v) is 11.6. The molecule has 0 unspecified atom stereocenters. The number of aromatic nitrogens is 3. The number of para-hydroxylation sites is 1. The molecule has 0 aliphatic rings. The van der Waals surface area contributed by atoms with Crippen LogP contribution >= 0.6 is 11.8 Å². The number of benzene rings is 2. The smallest absolute Gasteiger partial charge is 0.321 e. The average Bonchev–Trinajstić information content (AvgIpc) is 3.27. The maximum atomic E-state index is 12.3. The molecule has 1 aromatic heterocycles. The molecule has 0 spiro atoms. The normalized spacial score (nSPS) is 10.6. The van der Waals surface area contributed by atoms with Gasteiger partial charge in [0.2, 0.25) is 5.91 Å². The van der Waals surface area contributed by atoms with Crippen molar-refractivity contribution >= 4 is 23.7 Å². The summed E-state index contributed by atoms with van der Waals surface area (Å²) >= 11 is 1.16. The zero-order chi connectivity index (χ0) is 24.3. The lowest BCUT2D eigenvalue weighted by Gasteiger charge is -2.13. The summed E-state index contributed by atoms with van der Waals surface area (Å²) < 4.78 is 17.8. The van der Waals surface area contributed by atoms with Crippen LogP contribution < -0.4 is 20.1 Å². The Balaban J connectivity index is 1.85. The Hall–Kier alpha value is -3.57. The van der Waals surface area contributed by atoms with Crippen LogP contribution in [0.3, 0.4) is 0 Å². The fourth-order valence-corrected chi connectivity index (χ4v) is 3.81. The highest BCUT2D eigenvalue weighted by Gasteiger charge is 2.20. The largest absolute Gasteiger partial charge is 0.496 e. The van der Waals surface area contributed by atoms with Crippen molar-refractivity contribution in [1.82, 2.24) is 25.4 Å². The zero-order valence-electron chi connectivity index (χ0n) is 19.2. The highest BCUT2D eigenvalue weighted by Crippen LogP contribution is 2.33. The van der Waals surface area contributed by atoms with Gasteiger partial charge in [-0.15, -0.1) is 10.2 Å². The Morgan fingerprint density at radius 1 is 1.06 bits per heavy atom. The minimum atomic E-state index is -0.578. The number of amides is 3. The number of urea groups is 1. The number of methoxy groups -OCH3 is 2. The van der Waals surface area contributed by atoms with Gasteiger partial charge in [-0.3, -0.25) is 14.7 Å². The van der Waals surface area contributed by atoms with Gasteiger partial charge in [0, 0.05) is 13.7 Å². The van der Waals surface area contributed by atoms with Crippen LogP contribution in [0.15, 0.2) is 53.7 Å². The van der Waals surface area contributed by atoms with Crippen molar-refractivity contribution in [2.75, 3.05) is 39.7 Å². The topological polar surface area (TPSA) is 117 Å². The molecular formula is C23H27N5O5S. The van der Waals surface area contributed by atoms with Gasteiger partial charge in [0.1, 0.15) is 11.5 Å². The predicted molar refractivity (Wildman–Crippen MR) is 129 cm³/mol. The molecule has 0 saturated carbocycles. The van der Waals surface area contributed by atoms with Crippen molar-refractivity contribution in [3.63, 3.8) is 0 Å². The first-order valence-electron chi connectivity index (χ1n) is 10.6. The zero-order valence-corrected chi connectivity index (χ0v) is 20.1. The molecule has 11 heteroatoms. The molecule has 0 saturated heterocycles. The maximum Gasteiger partial charge on any atom is 0.321 e. The molecule has 2 N–H and O–H groups in total. The third-order valence-corrected chi connectivity index (χ3v) is 5.49. The molecule has 180 valence electrons. The lowest BCUT2D eigenvalue weighted by atomic mass is 10.2. The van der Waals surface area contributed by atoms with E-state index in [2.05, 4.69) is 20.8 Å². The summed E-state index contributed by atoms with van der Waals surface area (Å²) in [5.74, 6) is 1.45. The van der Waals surface area contributed by atoms with E-state index in [0.29, 0.717) is 36.5 Å². The Labute approximate surface area is 202 Å². The van der Waals surface area contributed by atoms with Crippen molar-refractivity contribution in [3.8, 4) is 28.6 Å². The predicted octanol–water partition coefficient (Wildman–Crippen LogP) is 2.91. The highest BCUT2D eigenvalue weighted by molar-refractivity contribution is 7.99. The summed E-state index contributed by atoms with van der Waals surface area (Å²) in [6, 6.07) is 14.4. The molecule has 0 aliphatic heterocycles. The summed E-state index contributed by atoms with van der Waals surface area (Å²) in [6.07, 6.45) is 0. The molecule has 3 aromatic rings. The minimum absolute atomic E-state index is 0.0290. The summed E-state index contributed by atoms with van der Waals surface area (Å²) in [7, 11) is 3.12. The van der Waals surface area contributed by atoms with E-state index in [1.165, 1.54) is 7.11 Å². The maximum absolute atomic E-state index is 12.3. The molecule has 34 heavy (non-hydrogen) atoms. The van der Waals surface area contributed by atoms with Gasteiger partial charge in [0.15, 0.2) is 11.0 Å². The summed E-state index contributed by atoms with van der Waals surface area (Å²) in [5, 5.41) is 14.0. The van der Waals surface area contributed by atoms with Crippen molar-refractivity contribution in [3.05, 3.63) is 48.5 Å². The molecule has 3 rings (SSSR count). The van der Waals surface area contributed by atoms with Gasteiger partial charge in [-0.05, 0) is 43.3 Å². The Bertz CT molecular complexity index is 1100. The number of carbonyl (C=O) groups excluding carboxylic acids is 2. The van der Waals surface area contributed by atoms with Crippen molar-refractivity contribution < 1.29 is 23.8 Å². The number of carbonyl (C=O) groups is 2. The van der Waals surface area contributed by atoms with Gasteiger partial charge in [-0.25, -0.2) is 4.79 Å². The molecule has 0 fully saturated rings. The van der Waals surface area contributed by atoms with Crippen LogP contribution in [0.25, 0.3) is 17.1 Å². The van der Waals surface area contributed by atoms with E-state index in [-0.39, 0.29) is 5.75 Å². The van der Waals surface area contributed by atoms with Crippen LogP contribution in [-0.4, -0.2) is 66.4 Å². The number of imide groups is 1. The third-order valence-electron chi connectivity index (χ3n) is 4.56. The molecule has 0 aliphatic carbocycles. The Morgan fingerprint density at radius 2 is 1.82 bits per heavy atom. The van der Waals surface area contributed by atoms with Crippen LogP contribution in [-0.2, 0) is 9.53 Å². The molecule has 0 bridgehead atoms. The number of hydrogen-bond donors (Lipinski definition) is 2. The number of nitrogens with zero attached hydrogens (tertiary/aromatic N) is 3. The monoisotopic (exact) mass is 485 g/mol. The van der Waals surface area contributed by atoms with E-state index in [1.54, 1.807) is 7.11 Å².